The molecule has 658 valence electrons. The Morgan fingerprint density at radius 1 is 0.473 bits per heavy atom. The lowest BCUT2D eigenvalue weighted by Crippen LogP contribution is -2.15. The summed E-state index contributed by atoms with van der Waals surface area (Å²) in [7, 11) is 0. The van der Waals surface area contributed by atoms with Gasteiger partial charge in [0.25, 0.3) is 11.8 Å². The van der Waals surface area contributed by atoms with E-state index in [4.69, 9.17) is 75.2 Å². The van der Waals surface area contributed by atoms with Crippen LogP contribution in [-0.2, 0) is 6.42 Å². The molecule has 0 atom stereocenters. The van der Waals surface area contributed by atoms with E-state index >= 15 is 0 Å². The standard InChI is InChI=1S/C23H21N5O2S.C19H16FN5O2.C17H16N6O2S.C16H20N6S.C14H13ClFN5S/c1-2-20-24-12-16-21(27-28(23(16)26-20)14-6-3-4-7-14)22-19(13-25-31-22)30-18-9-5-8-17-15(18)10-11-29-17;20-19-22-10-14-17(24-25(18(14)23-19)12-5-1-2-6-12)15-9-13(11-26-15)27-16-7-3-4-8-21-16;18-17-19-8-11-14(22-23(15(11)21-17)10-4-1-2-5-10)16-20-12(9-24-16)25-13-6-3-7-26-13;1-9-13-14(16-19-11(3)21-23-16)20-22(12-7-5-4-6-8-12)15(13)18-10(2)17-9;1-7-6-17-22-11(7)10-9-12(15)18-14(16)19-13(9)21(20-10)8-4-2-3-5-8/h5,8-14H,2-4,6-7H2,1H3;3-4,7-12H,1-2,5-6H2;3,6-10H,1-2,4-5H2,(H2,18,19,21);12H,4-8H2,1-3H3;6,8H,2-5H2,1H3. The van der Waals surface area contributed by atoms with Gasteiger partial charge in [0.05, 0.1) is 85.6 Å². The lowest BCUT2D eigenvalue weighted by atomic mass is 9.96. The number of fused-ring (bicyclic) bond motifs is 6. The number of furan rings is 2. The number of nitrogen functional groups attached to an aromatic ring is 1. The van der Waals surface area contributed by atoms with Gasteiger partial charge in [-0.1, -0.05) is 101 Å². The van der Waals surface area contributed by atoms with Crippen LogP contribution in [0.15, 0.2) is 135 Å². The molecule has 0 amide bonds. The number of nitrogens with zero attached hydrogens (tertiary/aromatic N) is 26. The van der Waals surface area contributed by atoms with E-state index in [1.165, 1.54) is 122 Å². The third-order valence-electron chi connectivity index (χ3n) is 23.8. The SMILES string of the molecule is CCc1ncc2c(-c3sncc3Oc3cccc4occc34)nn(C3CCCC3)c2n1.Cc1cnsc1-c1nn(C2CCCC2)c2nc(F)nc(Cl)c12.Cc1nsc(-c2nn(C3CCCCC3)c3nc(C)nc(C)c23)n1.Fc1ncc2c(-c3cc(Oc4ccccn4)co3)nn(C3CCCC3)c2n1.Nc1ncc2c(-c3nc(Oc4cccs4)co3)nn(C3CCCC3)c2n1. The number of thiophene rings is 1. The monoisotopic (exact) mass is 1830 g/mol. The summed E-state index contributed by atoms with van der Waals surface area (Å²) in [5, 5.41) is 32.7. The molecule has 0 radical (unpaired) electrons. The highest BCUT2D eigenvalue weighted by Gasteiger charge is 2.33. The predicted octanol–water partition coefficient (Wildman–Crippen LogP) is 22.7. The molecule has 40 heteroatoms. The van der Waals surface area contributed by atoms with E-state index in [1.807, 2.05) is 102 Å². The summed E-state index contributed by atoms with van der Waals surface area (Å²) in [5.74, 6) is 6.33. The second-order valence-corrected chi connectivity index (χ2v) is 36.0. The van der Waals surface area contributed by atoms with Gasteiger partial charge in [0.15, 0.2) is 67.5 Å². The van der Waals surface area contributed by atoms with Crippen LogP contribution >= 0.6 is 57.5 Å². The normalized spacial score (nSPS) is 15.3. The highest BCUT2D eigenvalue weighted by Crippen LogP contribution is 2.46. The van der Waals surface area contributed by atoms with E-state index in [0.29, 0.717) is 92.2 Å². The first-order valence-corrected chi connectivity index (χ1v) is 46.9. The van der Waals surface area contributed by atoms with Crippen molar-refractivity contribution in [3.8, 4) is 89.0 Å². The molecule has 2 N–H and O–H groups in total. The van der Waals surface area contributed by atoms with Crippen LogP contribution in [0.1, 0.15) is 201 Å². The number of nitrogens with two attached hydrogens (primary N) is 1. The number of anilines is 1. The zero-order valence-electron chi connectivity index (χ0n) is 70.9. The molecule has 129 heavy (non-hydrogen) atoms. The average Bonchev–Trinajstić information content (AvgIpc) is 1.60. The molecule has 18 heterocycles. The lowest BCUT2D eigenvalue weighted by molar-refractivity contribution is 0.336. The molecule has 18 aromatic heterocycles. The van der Waals surface area contributed by atoms with Gasteiger partial charge >= 0.3 is 12.2 Å². The Morgan fingerprint density at radius 3 is 1.77 bits per heavy atom. The molecule has 33 nitrogen and oxygen atoms in total. The van der Waals surface area contributed by atoms with Crippen LogP contribution in [-0.4, -0.2) is 127 Å². The van der Waals surface area contributed by atoms with Gasteiger partial charge in [0, 0.05) is 49.5 Å². The molecule has 0 aliphatic heterocycles. The van der Waals surface area contributed by atoms with Gasteiger partial charge in [-0.15, -0.1) is 11.3 Å². The number of rotatable bonds is 17. The van der Waals surface area contributed by atoms with Crippen molar-refractivity contribution in [2.24, 2.45) is 0 Å². The fourth-order valence-corrected chi connectivity index (χ4v) is 20.6. The van der Waals surface area contributed by atoms with Gasteiger partial charge in [0.1, 0.15) is 67.9 Å². The van der Waals surface area contributed by atoms with Gasteiger partial charge in [-0.2, -0.15) is 67.9 Å². The van der Waals surface area contributed by atoms with E-state index in [9.17, 15) is 8.78 Å². The van der Waals surface area contributed by atoms with Gasteiger partial charge in [0.2, 0.25) is 11.8 Å². The molecule has 5 aliphatic carbocycles. The zero-order chi connectivity index (χ0) is 87.8. The Morgan fingerprint density at radius 2 is 1.09 bits per heavy atom. The Bertz CT molecular complexity index is 7190. The van der Waals surface area contributed by atoms with Crippen molar-refractivity contribution in [2.75, 3.05) is 5.73 Å². The quantitative estimate of drug-likeness (QED) is 0.0653. The van der Waals surface area contributed by atoms with E-state index in [0.717, 1.165) is 193 Å². The van der Waals surface area contributed by atoms with Crippen molar-refractivity contribution in [1.82, 2.24) is 127 Å². The smallest absolute Gasteiger partial charge is 0.312 e. The number of halogens is 3. The number of oxazole rings is 1. The molecule has 5 saturated carbocycles. The predicted molar refractivity (Wildman–Crippen MR) is 486 cm³/mol. The number of hydrogen-bond acceptors (Lipinski definition) is 32. The molecule has 0 bridgehead atoms. The number of aromatic nitrogens is 26. The van der Waals surface area contributed by atoms with Crippen LogP contribution in [0.5, 0.6) is 34.1 Å². The van der Waals surface area contributed by atoms with Crippen LogP contribution in [0, 0.1) is 39.9 Å². The van der Waals surface area contributed by atoms with Gasteiger partial charge < -0.3 is 33.2 Å². The maximum atomic E-state index is 13.6. The molecule has 0 unspecified atom stereocenters. The molecular formula is C89H86ClF2N27O6S4. The minimum Gasteiger partial charge on any atom is -0.464 e. The fourth-order valence-electron chi connectivity index (χ4n) is 17.7. The largest absolute Gasteiger partial charge is 0.464 e. The Balaban J connectivity index is 0.000000102. The zero-order valence-corrected chi connectivity index (χ0v) is 74.9. The molecule has 0 spiro atoms. The molecule has 0 saturated heterocycles. The Labute approximate surface area is 756 Å². The van der Waals surface area contributed by atoms with Crippen molar-refractivity contribution >= 4 is 130 Å². The summed E-state index contributed by atoms with van der Waals surface area (Å²) in [6.07, 6.45) is 38.2. The highest BCUT2D eigenvalue weighted by molar-refractivity contribution is 7.12. The van der Waals surface area contributed by atoms with Gasteiger partial charge in [-0.05, 0) is 174 Å². The summed E-state index contributed by atoms with van der Waals surface area (Å²) in [4.78, 5) is 57.4. The van der Waals surface area contributed by atoms with E-state index in [-0.39, 0.29) is 23.2 Å². The van der Waals surface area contributed by atoms with E-state index < -0.39 is 12.2 Å². The van der Waals surface area contributed by atoms with Crippen LogP contribution in [0.2, 0.25) is 5.15 Å². The average molecular weight is 1830 g/mol. The van der Waals surface area contributed by atoms with Crippen LogP contribution in [0.25, 0.3) is 121 Å². The maximum absolute atomic E-state index is 13.6. The van der Waals surface area contributed by atoms with Crippen molar-refractivity contribution in [3.05, 3.63) is 168 Å². The number of ether oxygens (including phenoxy) is 3. The number of aryl methyl sites for hydroxylation is 5. The molecule has 5 aliphatic rings. The molecule has 19 aromatic rings. The van der Waals surface area contributed by atoms with Crippen LogP contribution in [0.4, 0.5) is 14.7 Å². The van der Waals surface area contributed by atoms with Gasteiger partial charge in [-0.3, -0.25) is 0 Å². The summed E-state index contributed by atoms with van der Waals surface area (Å²) < 4.78 is 84.5. The summed E-state index contributed by atoms with van der Waals surface area (Å²) in [5.41, 5.74) is 15.7. The lowest BCUT2D eigenvalue weighted by Gasteiger charge is -2.22. The highest BCUT2D eigenvalue weighted by atomic mass is 35.5. The minimum atomic E-state index is -0.816. The first-order chi connectivity index (χ1) is 63.1. The summed E-state index contributed by atoms with van der Waals surface area (Å²) >= 11 is 11.8. The topological polar surface area (TPSA) is 388 Å². The fraction of sp³-hybridized carbons (Fsp3) is 0.360. The third-order valence-corrected chi connectivity index (χ3v) is 27.3. The Hall–Kier alpha value is -13.0. The number of hydrogen-bond donors (Lipinski definition) is 1. The third kappa shape index (κ3) is 17.5. The van der Waals surface area contributed by atoms with Crippen LogP contribution in [0.3, 0.4) is 0 Å². The minimum absolute atomic E-state index is 0.106. The van der Waals surface area contributed by atoms with Crippen LogP contribution < -0.4 is 19.9 Å². The van der Waals surface area contributed by atoms with Crippen molar-refractivity contribution in [2.45, 2.75) is 206 Å². The van der Waals surface area contributed by atoms with E-state index in [2.05, 4.69) is 89.3 Å². The van der Waals surface area contributed by atoms with E-state index in [1.54, 1.807) is 43.2 Å². The molecule has 5 fully saturated rings. The van der Waals surface area contributed by atoms with Crippen molar-refractivity contribution < 1.29 is 36.2 Å². The summed E-state index contributed by atoms with van der Waals surface area (Å²) in [6, 6.07) is 20.2. The first-order valence-electron chi connectivity index (χ1n) is 43.3. The van der Waals surface area contributed by atoms with Crippen molar-refractivity contribution in [3.63, 3.8) is 0 Å². The second-order valence-electron chi connectivity index (χ2n) is 32.4. The molecule has 1 aromatic carbocycles. The maximum Gasteiger partial charge on any atom is 0.312 e. The van der Waals surface area contributed by atoms with Crippen molar-refractivity contribution in [1.29, 1.82) is 0 Å². The number of benzene rings is 1. The van der Waals surface area contributed by atoms with Gasteiger partial charge in [-0.25, -0.2) is 67.7 Å². The molecular weight excluding hydrogens is 1740 g/mol. The molecule has 24 rings (SSSR count). The first kappa shape index (κ1) is 84.2. The number of pyridine rings is 1. The Kier molecular flexibility index (Phi) is 24.2. The summed E-state index contributed by atoms with van der Waals surface area (Å²) in [6.45, 7) is 9.93. The second kappa shape index (κ2) is 37.0.